The smallest absolute Gasteiger partial charge is 0.160 e. The van der Waals surface area contributed by atoms with Crippen LogP contribution in [0.3, 0.4) is 0 Å². The van der Waals surface area contributed by atoms with Crippen molar-refractivity contribution in [3.63, 3.8) is 0 Å². The molecule has 61 heavy (non-hydrogen) atoms. The van der Waals surface area contributed by atoms with Gasteiger partial charge in [-0.15, -0.1) is 0 Å². The van der Waals surface area contributed by atoms with Crippen LogP contribution in [0.4, 0.5) is 0 Å². The molecule has 0 amide bonds. The van der Waals surface area contributed by atoms with Gasteiger partial charge < -0.3 is 0 Å². The molecule has 0 spiro atoms. The van der Waals surface area contributed by atoms with Gasteiger partial charge in [-0.1, -0.05) is 218 Å². The SMILES string of the molecule is c1ccc(-c2cc(-c3ccc4c(c3)C(c3ccccc3)(c3c5ccccc5c(-c5cccc6ccccc56)c5ccccc35)c3ccccc3-4)nc(-c3ccccc3)n2)cc1. The lowest BCUT2D eigenvalue weighted by molar-refractivity contribution is 0.784. The molecule has 2 nitrogen and oxygen atoms in total. The molecular formula is C59H38N2. The molecule has 0 saturated carbocycles. The first-order valence-electron chi connectivity index (χ1n) is 21.0. The van der Waals surface area contributed by atoms with Crippen LogP contribution in [0.2, 0.25) is 0 Å². The first-order valence-corrected chi connectivity index (χ1v) is 21.0. The third-order valence-corrected chi connectivity index (χ3v) is 12.7. The molecule has 10 aromatic carbocycles. The van der Waals surface area contributed by atoms with E-state index in [0.717, 1.165) is 28.1 Å². The minimum absolute atomic E-state index is 0.683. The van der Waals surface area contributed by atoms with Crippen molar-refractivity contribution >= 4 is 32.3 Å². The average Bonchev–Trinajstić information content (AvgIpc) is 3.63. The molecule has 12 rings (SSSR count). The largest absolute Gasteiger partial charge is 0.228 e. The van der Waals surface area contributed by atoms with Gasteiger partial charge >= 0.3 is 0 Å². The second kappa shape index (κ2) is 14.1. The zero-order valence-corrected chi connectivity index (χ0v) is 33.3. The molecule has 1 aliphatic carbocycles. The van der Waals surface area contributed by atoms with E-state index in [2.05, 4.69) is 218 Å². The zero-order chi connectivity index (χ0) is 40.3. The minimum Gasteiger partial charge on any atom is -0.228 e. The summed E-state index contributed by atoms with van der Waals surface area (Å²) in [5, 5.41) is 7.43. The minimum atomic E-state index is -0.683. The zero-order valence-electron chi connectivity index (χ0n) is 33.3. The summed E-state index contributed by atoms with van der Waals surface area (Å²) in [6.07, 6.45) is 0. The Morgan fingerprint density at radius 1 is 0.311 bits per heavy atom. The molecule has 1 unspecified atom stereocenters. The van der Waals surface area contributed by atoms with Crippen molar-refractivity contribution in [2.45, 2.75) is 5.41 Å². The number of aromatic nitrogens is 2. The Balaban J connectivity index is 1.21. The van der Waals surface area contributed by atoms with Crippen molar-refractivity contribution in [2.75, 3.05) is 0 Å². The molecule has 0 aliphatic heterocycles. The molecule has 1 aliphatic rings. The lowest BCUT2D eigenvalue weighted by Gasteiger charge is -2.36. The van der Waals surface area contributed by atoms with Crippen LogP contribution in [-0.2, 0) is 5.41 Å². The molecular weight excluding hydrogens is 737 g/mol. The van der Waals surface area contributed by atoms with Crippen LogP contribution >= 0.6 is 0 Å². The summed E-state index contributed by atoms with van der Waals surface area (Å²) in [4.78, 5) is 10.5. The molecule has 2 heteroatoms. The monoisotopic (exact) mass is 774 g/mol. The number of fused-ring (bicyclic) bond motifs is 6. The molecule has 0 N–H and O–H groups in total. The van der Waals surface area contributed by atoms with Crippen molar-refractivity contribution < 1.29 is 0 Å². The molecule has 0 saturated heterocycles. The number of rotatable bonds is 6. The molecule has 0 bridgehead atoms. The second-order valence-corrected chi connectivity index (χ2v) is 16.0. The summed E-state index contributed by atoms with van der Waals surface area (Å²) in [5.41, 5.74) is 14.2. The van der Waals surface area contributed by atoms with Crippen molar-refractivity contribution in [3.05, 3.63) is 253 Å². The molecule has 284 valence electrons. The van der Waals surface area contributed by atoms with Crippen LogP contribution in [-0.4, -0.2) is 9.97 Å². The van der Waals surface area contributed by atoms with E-state index in [0.29, 0.717) is 5.82 Å². The van der Waals surface area contributed by atoms with Gasteiger partial charge in [-0.05, 0) is 89.0 Å². The molecule has 1 aromatic heterocycles. The topological polar surface area (TPSA) is 25.8 Å². The van der Waals surface area contributed by atoms with Crippen LogP contribution in [0.15, 0.2) is 231 Å². The summed E-state index contributed by atoms with van der Waals surface area (Å²) in [6.45, 7) is 0. The Kier molecular flexibility index (Phi) is 8.11. The number of nitrogens with zero attached hydrogens (tertiary/aromatic N) is 2. The van der Waals surface area contributed by atoms with E-state index in [1.54, 1.807) is 0 Å². The predicted molar refractivity (Wildman–Crippen MR) is 254 cm³/mol. The van der Waals surface area contributed by atoms with Crippen LogP contribution in [0.1, 0.15) is 22.3 Å². The van der Waals surface area contributed by atoms with Gasteiger partial charge in [0.05, 0.1) is 16.8 Å². The number of hydrogen-bond donors (Lipinski definition) is 0. The molecule has 1 atom stereocenters. The van der Waals surface area contributed by atoms with Gasteiger partial charge in [0, 0.05) is 16.7 Å². The van der Waals surface area contributed by atoms with E-state index in [9.17, 15) is 0 Å². The van der Waals surface area contributed by atoms with E-state index in [1.807, 2.05) is 12.1 Å². The van der Waals surface area contributed by atoms with Gasteiger partial charge in [0.2, 0.25) is 0 Å². The lowest BCUT2D eigenvalue weighted by Crippen LogP contribution is -2.29. The van der Waals surface area contributed by atoms with Crippen molar-refractivity contribution in [1.82, 2.24) is 9.97 Å². The highest BCUT2D eigenvalue weighted by atomic mass is 14.9. The fourth-order valence-corrected chi connectivity index (χ4v) is 10.2. The van der Waals surface area contributed by atoms with Crippen LogP contribution < -0.4 is 0 Å². The van der Waals surface area contributed by atoms with Gasteiger partial charge in [-0.3, -0.25) is 0 Å². The predicted octanol–water partition coefficient (Wildman–Crippen LogP) is 15.0. The van der Waals surface area contributed by atoms with Gasteiger partial charge in [-0.2, -0.15) is 0 Å². The third-order valence-electron chi connectivity index (χ3n) is 12.7. The van der Waals surface area contributed by atoms with Crippen molar-refractivity contribution in [1.29, 1.82) is 0 Å². The van der Waals surface area contributed by atoms with E-state index in [-0.39, 0.29) is 0 Å². The Bertz CT molecular complexity index is 3350. The molecule has 0 fully saturated rings. The number of hydrogen-bond acceptors (Lipinski definition) is 2. The second-order valence-electron chi connectivity index (χ2n) is 16.0. The fourth-order valence-electron chi connectivity index (χ4n) is 10.2. The van der Waals surface area contributed by atoms with Crippen LogP contribution in [0.5, 0.6) is 0 Å². The normalized spacial score (nSPS) is 14.3. The van der Waals surface area contributed by atoms with Crippen molar-refractivity contribution in [3.8, 4) is 56.2 Å². The lowest BCUT2D eigenvalue weighted by atomic mass is 9.64. The average molecular weight is 775 g/mol. The highest BCUT2D eigenvalue weighted by molar-refractivity contribution is 6.20. The summed E-state index contributed by atoms with van der Waals surface area (Å²) in [5.74, 6) is 0.705. The highest BCUT2D eigenvalue weighted by Crippen LogP contribution is 2.60. The summed E-state index contributed by atoms with van der Waals surface area (Å²) in [7, 11) is 0. The van der Waals surface area contributed by atoms with E-state index >= 15 is 0 Å². The Hall–Kier alpha value is -7.94. The van der Waals surface area contributed by atoms with Crippen molar-refractivity contribution in [2.24, 2.45) is 0 Å². The molecule has 11 aromatic rings. The van der Waals surface area contributed by atoms with Gasteiger partial charge in [0.15, 0.2) is 5.82 Å². The van der Waals surface area contributed by atoms with E-state index in [4.69, 9.17) is 9.97 Å². The Morgan fingerprint density at radius 2 is 0.820 bits per heavy atom. The third kappa shape index (κ3) is 5.43. The van der Waals surface area contributed by atoms with Crippen LogP contribution in [0.25, 0.3) is 88.5 Å². The molecule has 0 radical (unpaired) electrons. The summed E-state index contributed by atoms with van der Waals surface area (Å²) in [6, 6.07) is 83.8. The Labute approximate surface area is 355 Å². The molecule has 1 heterocycles. The van der Waals surface area contributed by atoms with E-state index in [1.165, 1.54) is 76.8 Å². The van der Waals surface area contributed by atoms with E-state index < -0.39 is 5.41 Å². The maximum absolute atomic E-state index is 5.33. The van der Waals surface area contributed by atoms with Crippen LogP contribution in [0, 0.1) is 0 Å². The first kappa shape index (κ1) is 35.0. The maximum atomic E-state index is 5.33. The van der Waals surface area contributed by atoms with Gasteiger partial charge in [0.1, 0.15) is 0 Å². The summed E-state index contributed by atoms with van der Waals surface area (Å²) < 4.78 is 0. The standard InChI is InChI=1S/C59H38N2/c1-4-20-40(21-5-1)54-38-55(61-58(60-54)41-22-6-2-7-23-41)42-35-36-46-45-28-16-17-34-52(45)59(53(46)37-42,43-25-8-3-9-26-43)57-50-31-14-12-29-48(50)56(49-30-13-15-32-51(49)57)47-33-18-24-39-19-10-11-27-44(39)47/h1-38H. The van der Waals surface area contributed by atoms with Gasteiger partial charge in [0.25, 0.3) is 0 Å². The Morgan fingerprint density at radius 3 is 1.52 bits per heavy atom. The number of benzene rings is 10. The summed E-state index contributed by atoms with van der Waals surface area (Å²) >= 11 is 0. The highest BCUT2D eigenvalue weighted by Gasteiger charge is 2.48. The maximum Gasteiger partial charge on any atom is 0.160 e. The quantitative estimate of drug-likeness (QED) is 0.157. The fraction of sp³-hybridized carbons (Fsp3) is 0.0169. The first-order chi connectivity index (χ1) is 30.3. The van der Waals surface area contributed by atoms with Gasteiger partial charge in [-0.25, -0.2) is 9.97 Å².